The van der Waals surface area contributed by atoms with Crippen molar-refractivity contribution in [1.82, 2.24) is 19.8 Å². The van der Waals surface area contributed by atoms with Crippen LogP contribution in [0.3, 0.4) is 0 Å². The number of hydrogen-bond acceptors (Lipinski definition) is 4. The zero-order chi connectivity index (χ0) is 17.9. The van der Waals surface area contributed by atoms with E-state index in [-0.39, 0.29) is 11.3 Å². The van der Waals surface area contributed by atoms with Gasteiger partial charge in [-0.2, -0.15) is 0 Å². The maximum Gasteiger partial charge on any atom is 0.222 e. The Labute approximate surface area is 151 Å². The summed E-state index contributed by atoms with van der Waals surface area (Å²) < 4.78 is 0. The van der Waals surface area contributed by atoms with Crippen LogP contribution in [0.2, 0.25) is 0 Å². The summed E-state index contributed by atoms with van der Waals surface area (Å²) in [5.74, 6) is 0.259. The van der Waals surface area contributed by atoms with E-state index in [2.05, 4.69) is 34.8 Å². The van der Waals surface area contributed by atoms with Crippen LogP contribution in [0.15, 0.2) is 24.0 Å². The molecule has 2 saturated heterocycles. The molecule has 0 aromatic carbocycles. The second-order valence-corrected chi connectivity index (χ2v) is 8.02. The molecule has 0 unspecified atom stereocenters. The van der Waals surface area contributed by atoms with Crippen molar-refractivity contribution in [1.29, 1.82) is 0 Å². The van der Waals surface area contributed by atoms with Gasteiger partial charge in [-0.25, -0.2) is 0 Å². The highest BCUT2D eigenvalue weighted by molar-refractivity contribution is 5.77. The van der Waals surface area contributed by atoms with E-state index < -0.39 is 0 Å². The van der Waals surface area contributed by atoms with Crippen molar-refractivity contribution in [2.24, 2.45) is 5.41 Å². The predicted octanol–water partition coefficient (Wildman–Crippen LogP) is 2.96. The van der Waals surface area contributed by atoms with Crippen LogP contribution in [0.25, 0.3) is 0 Å². The molecule has 2 fully saturated rings. The van der Waals surface area contributed by atoms with Crippen molar-refractivity contribution in [3.63, 3.8) is 0 Å². The molecular formula is C20H30N4O. The quantitative estimate of drug-likeness (QED) is 0.790. The largest absolute Gasteiger partial charge is 0.336 e. The summed E-state index contributed by atoms with van der Waals surface area (Å²) in [5, 5.41) is 0. The molecule has 1 spiro atoms. The van der Waals surface area contributed by atoms with E-state index in [0.717, 1.165) is 37.4 Å². The van der Waals surface area contributed by atoms with Crippen molar-refractivity contribution in [3.05, 3.63) is 35.4 Å². The molecule has 1 aromatic rings. The molecule has 3 heterocycles. The first-order valence-corrected chi connectivity index (χ1v) is 9.37. The summed E-state index contributed by atoms with van der Waals surface area (Å²) in [5.41, 5.74) is 3.42. The van der Waals surface area contributed by atoms with Gasteiger partial charge in [0, 0.05) is 37.7 Å². The molecule has 2 aliphatic heterocycles. The summed E-state index contributed by atoms with van der Waals surface area (Å²) in [7, 11) is 0. The lowest BCUT2D eigenvalue weighted by Gasteiger charge is -2.48. The highest BCUT2D eigenvalue weighted by atomic mass is 16.2. The Morgan fingerprint density at radius 2 is 2.08 bits per heavy atom. The van der Waals surface area contributed by atoms with Gasteiger partial charge in [0.05, 0.1) is 24.1 Å². The molecule has 0 N–H and O–H groups in total. The van der Waals surface area contributed by atoms with Gasteiger partial charge in [0.15, 0.2) is 0 Å². The second-order valence-electron chi connectivity index (χ2n) is 8.02. The zero-order valence-electron chi connectivity index (χ0n) is 15.8. The minimum atomic E-state index is 0.250. The first kappa shape index (κ1) is 18.1. The smallest absolute Gasteiger partial charge is 0.222 e. The third-order valence-corrected chi connectivity index (χ3v) is 5.43. The fourth-order valence-corrected chi connectivity index (χ4v) is 4.05. The monoisotopic (exact) mass is 342 g/mol. The van der Waals surface area contributed by atoms with E-state index in [1.54, 1.807) is 12.4 Å². The second kappa shape index (κ2) is 7.65. The Morgan fingerprint density at radius 1 is 1.24 bits per heavy atom. The highest BCUT2D eigenvalue weighted by Crippen LogP contribution is 2.39. The molecule has 25 heavy (non-hydrogen) atoms. The van der Waals surface area contributed by atoms with Gasteiger partial charge in [-0.05, 0) is 46.6 Å². The number of carbonyl (C=O) groups excluding carboxylic acids is 1. The fourth-order valence-electron chi connectivity index (χ4n) is 4.05. The normalized spacial score (nSPS) is 24.6. The summed E-state index contributed by atoms with van der Waals surface area (Å²) in [6, 6.07) is 0. The van der Waals surface area contributed by atoms with Gasteiger partial charge in [0.2, 0.25) is 5.91 Å². The van der Waals surface area contributed by atoms with Crippen LogP contribution in [0.4, 0.5) is 0 Å². The van der Waals surface area contributed by atoms with Crippen LogP contribution in [-0.4, -0.2) is 51.9 Å². The van der Waals surface area contributed by atoms with Crippen LogP contribution in [0, 0.1) is 12.3 Å². The van der Waals surface area contributed by atoms with Crippen LogP contribution >= 0.6 is 0 Å². The van der Waals surface area contributed by atoms with Crippen molar-refractivity contribution in [3.8, 4) is 0 Å². The fraction of sp³-hybridized carbons (Fsp3) is 0.650. The van der Waals surface area contributed by atoms with Crippen molar-refractivity contribution >= 4 is 5.91 Å². The lowest BCUT2D eigenvalue weighted by molar-refractivity contribution is -0.140. The summed E-state index contributed by atoms with van der Waals surface area (Å²) in [6.45, 7) is 11.0. The number of aromatic nitrogens is 2. The Kier molecular flexibility index (Phi) is 5.52. The molecule has 5 heteroatoms. The molecule has 136 valence electrons. The van der Waals surface area contributed by atoms with Crippen LogP contribution in [0.5, 0.6) is 0 Å². The Bertz CT molecular complexity index is 636. The van der Waals surface area contributed by atoms with Gasteiger partial charge in [-0.15, -0.1) is 0 Å². The van der Waals surface area contributed by atoms with Gasteiger partial charge >= 0.3 is 0 Å². The average Bonchev–Trinajstić information content (AvgIpc) is 2.59. The molecule has 0 saturated carbocycles. The number of aryl methyl sites for hydroxylation is 1. The van der Waals surface area contributed by atoms with Gasteiger partial charge < -0.3 is 4.90 Å². The van der Waals surface area contributed by atoms with E-state index in [0.29, 0.717) is 13.0 Å². The first-order valence-electron chi connectivity index (χ1n) is 9.37. The Hall–Kier alpha value is -1.75. The number of likely N-dealkylation sites (tertiary alicyclic amines) is 2. The molecule has 5 nitrogen and oxygen atoms in total. The van der Waals surface area contributed by atoms with Gasteiger partial charge in [0.1, 0.15) is 0 Å². The number of nitrogens with zero attached hydrogens (tertiary/aromatic N) is 4. The topological polar surface area (TPSA) is 49.3 Å². The first-order chi connectivity index (χ1) is 12.0. The minimum Gasteiger partial charge on any atom is -0.336 e. The van der Waals surface area contributed by atoms with Crippen LogP contribution < -0.4 is 0 Å². The molecule has 0 radical (unpaired) electrons. The number of rotatable bonds is 4. The number of piperidine rings is 2. The van der Waals surface area contributed by atoms with Crippen LogP contribution in [-0.2, 0) is 11.3 Å². The molecule has 1 aromatic heterocycles. The summed E-state index contributed by atoms with van der Waals surface area (Å²) >= 11 is 0. The number of carbonyl (C=O) groups is 1. The number of hydrogen-bond donors (Lipinski definition) is 0. The Morgan fingerprint density at radius 3 is 2.80 bits per heavy atom. The van der Waals surface area contributed by atoms with E-state index >= 15 is 0 Å². The molecule has 2 aliphatic rings. The van der Waals surface area contributed by atoms with Gasteiger partial charge in [-0.1, -0.05) is 11.6 Å². The maximum absolute atomic E-state index is 12.4. The van der Waals surface area contributed by atoms with Crippen molar-refractivity contribution in [2.45, 2.75) is 53.0 Å². The van der Waals surface area contributed by atoms with E-state index in [1.165, 1.54) is 25.0 Å². The van der Waals surface area contributed by atoms with E-state index in [4.69, 9.17) is 0 Å². The van der Waals surface area contributed by atoms with Gasteiger partial charge in [0.25, 0.3) is 0 Å². The third kappa shape index (κ3) is 4.66. The van der Waals surface area contributed by atoms with Gasteiger partial charge in [-0.3, -0.25) is 19.7 Å². The molecule has 3 rings (SSSR count). The molecule has 0 bridgehead atoms. The molecular weight excluding hydrogens is 312 g/mol. The number of amides is 1. The minimum absolute atomic E-state index is 0.250. The SMILES string of the molecule is CC(C)=CCN1CCC[C@]2(CCC(=O)N(Cc3cnc(C)cn3)C2)C1. The molecule has 0 aliphatic carbocycles. The number of allylic oxidation sites excluding steroid dienone is 1. The summed E-state index contributed by atoms with van der Waals surface area (Å²) in [6.07, 6.45) is 10.0. The third-order valence-electron chi connectivity index (χ3n) is 5.43. The van der Waals surface area contributed by atoms with E-state index in [9.17, 15) is 4.79 Å². The molecule has 1 amide bonds. The Balaban J connectivity index is 1.67. The van der Waals surface area contributed by atoms with E-state index in [1.807, 2.05) is 11.8 Å². The average molecular weight is 342 g/mol. The highest BCUT2D eigenvalue weighted by Gasteiger charge is 2.41. The van der Waals surface area contributed by atoms with Crippen LogP contribution in [0.1, 0.15) is 50.9 Å². The maximum atomic E-state index is 12.4. The lowest BCUT2D eigenvalue weighted by atomic mass is 9.73. The summed E-state index contributed by atoms with van der Waals surface area (Å²) in [4.78, 5) is 25.7. The van der Waals surface area contributed by atoms with Crippen molar-refractivity contribution in [2.75, 3.05) is 26.2 Å². The zero-order valence-corrected chi connectivity index (χ0v) is 15.8. The predicted molar refractivity (Wildman–Crippen MR) is 99.0 cm³/mol. The lowest BCUT2D eigenvalue weighted by Crippen LogP contribution is -2.53. The van der Waals surface area contributed by atoms with Crippen molar-refractivity contribution < 1.29 is 4.79 Å². The standard InChI is InChI=1S/C20H30N4O/c1-16(2)6-10-23-9-4-7-20(14-23)8-5-19(25)24(15-20)13-18-12-21-17(3)11-22-18/h6,11-12H,4-5,7-10,13-15H2,1-3H3/t20-/m0/s1. The molecule has 1 atom stereocenters.